The third-order valence-electron chi connectivity index (χ3n) is 13.3. The molecule has 0 amide bonds. The molecule has 5 rings (SSSR count). The van der Waals surface area contributed by atoms with Gasteiger partial charge in [-0.2, -0.15) is 0 Å². The van der Waals surface area contributed by atoms with Crippen LogP contribution in [-0.4, -0.2) is 17.9 Å². The molecule has 184 valence electrons. The lowest BCUT2D eigenvalue weighted by Crippen LogP contribution is -2.69. The van der Waals surface area contributed by atoms with Crippen LogP contribution in [0.5, 0.6) is 0 Å². The van der Waals surface area contributed by atoms with Gasteiger partial charge >= 0.3 is 0 Å². The van der Waals surface area contributed by atoms with Crippen LogP contribution < -0.4 is 0 Å². The van der Waals surface area contributed by atoms with Crippen LogP contribution in [0.25, 0.3) is 0 Å². The Bertz CT molecular complexity index is 904. The van der Waals surface area contributed by atoms with Crippen LogP contribution in [0.3, 0.4) is 0 Å². The van der Waals surface area contributed by atoms with E-state index in [-0.39, 0.29) is 46.1 Å². The van der Waals surface area contributed by atoms with Crippen LogP contribution in [0.1, 0.15) is 113 Å². The average Bonchev–Trinajstić information content (AvgIpc) is 2.74. The highest BCUT2D eigenvalue weighted by atomic mass is 16.2. The van der Waals surface area contributed by atoms with Crippen molar-refractivity contribution in [2.24, 2.45) is 56.2 Å². The minimum Gasteiger partial charge on any atom is -0.303 e. The van der Waals surface area contributed by atoms with Crippen molar-refractivity contribution >= 4 is 17.9 Å². The van der Waals surface area contributed by atoms with E-state index in [1.807, 2.05) is 6.92 Å². The molecule has 5 aliphatic rings. The summed E-state index contributed by atoms with van der Waals surface area (Å²) >= 11 is 0. The lowest BCUT2D eigenvalue weighted by Gasteiger charge is -2.74. The Balaban J connectivity index is 1.59. The van der Waals surface area contributed by atoms with Gasteiger partial charge in [0.05, 0.1) is 6.42 Å². The number of fused-ring (bicyclic) bond motifs is 7. The molecule has 0 unspecified atom stereocenters. The highest BCUT2D eigenvalue weighted by Gasteiger charge is 2.72. The number of Topliss-reactive ketones (excluding diaryl/α,β-unsaturated/α-hetero) is 2. The van der Waals surface area contributed by atoms with Crippen LogP contribution in [0.15, 0.2) is 0 Å². The molecule has 0 aliphatic heterocycles. The largest absolute Gasteiger partial charge is 0.303 e. The minimum absolute atomic E-state index is 0.0184. The van der Waals surface area contributed by atoms with Crippen molar-refractivity contribution in [3.05, 3.63) is 0 Å². The number of aldehydes is 1. The van der Waals surface area contributed by atoms with Crippen LogP contribution in [-0.2, 0) is 14.4 Å². The standard InChI is InChI=1S/C30H46O3/c1-19-20(32)16-21(33)24-27(5)13-15-29(7)23-17-25(2,3)10-11-26(23,4)12-14-28(29,6)22(27)8-9-30(19,24)18-31/h18-19,22-24H,8-17H2,1-7H3/t19-,22+,23+,24-,26+,27+,28+,29-,30-/m0/s1. The topological polar surface area (TPSA) is 51.2 Å². The summed E-state index contributed by atoms with van der Waals surface area (Å²) in [6.07, 6.45) is 11.4. The van der Waals surface area contributed by atoms with Gasteiger partial charge in [0.25, 0.3) is 0 Å². The van der Waals surface area contributed by atoms with Gasteiger partial charge in [-0.1, -0.05) is 48.5 Å². The number of carbonyl (C=O) groups excluding carboxylic acids is 3. The van der Waals surface area contributed by atoms with Crippen molar-refractivity contribution < 1.29 is 14.4 Å². The molecule has 0 aromatic carbocycles. The molecule has 0 heterocycles. The highest BCUT2D eigenvalue weighted by molar-refractivity contribution is 6.07. The molecular formula is C30H46O3. The summed E-state index contributed by atoms with van der Waals surface area (Å²) in [4.78, 5) is 38.9. The Labute approximate surface area is 201 Å². The smallest absolute Gasteiger partial charge is 0.144 e. The third-order valence-corrected chi connectivity index (χ3v) is 13.3. The van der Waals surface area contributed by atoms with Crippen LogP contribution in [0.4, 0.5) is 0 Å². The van der Waals surface area contributed by atoms with Crippen LogP contribution >= 0.6 is 0 Å². The summed E-state index contributed by atoms with van der Waals surface area (Å²) in [5.41, 5.74) is 0.315. The van der Waals surface area contributed by atoms with E-state index in [0.717, 1.165) is 31.5 Å². The summed E-state index contributed by atoms with van der Waals surface area (Å²) in [5, 5.41) is 0. The number of rotatable bonds is 1. The van der Waals surface area contributed by atoms with Crippen molar-refractivity contribution in [3.63, 3.8) is 0 Å². The average molecular weight is 455 g/mol. The third kappa shape index (κ3) is 2.77. The Hall–Kier alpha value is -0.990. The van der Waals surface area contributed by atoms with Crippen LogP contribution in [0.2, 0.25) is 0 Å². The Morgan fingerprint density at radius 3 is 2.03 bits per heavy atom. The second kappa shape index (κ2) is 6.82. The maximum Gasteiger partial charge on any atom is 0.144 e. The van der Waals surface area contributed by atoms with Crippen molar-refractivity contribution in [3.8, 4) is 0 Å². The predicted octanol–water partition coefficient (Wildman–Crippen LogP) is 6.82. The highest BCUT2D eigenvalue weighted by Crippen LogP contribution is 2.77. The van der Waals surface area contributed by atoms with Gasteiger partial charge in [0.1, 0.15) is 17.9 Å². The molecule has 0 aromatic rings. The van der Waals surface area contributed by atoms with Crippen LogP contribution in [0, 0.1) is 56.2 Å². The fourth-order valence-electron chi connectivity index (χ4n) is 10.9. The van der Waals surface area contributed by atoms with E-state index in [2.05, 4.69) is 41.5 Å². The number of hydrogen-bond acceptors (Lipinski definition) is 3. The summed E-state index contributed by atoms with van der Waals surface area (Å²) in [5.74, 6) is 0.592. The second-order valence-electron chi connectivity index (χ2n) is 15.0. The zero-order chi connectivity index (χ0) is 24.2. The molecule has 33 heavy (non-hydrogen) atoms. The molecule has 3 heteroatoms. The molecule has 5 saturated carbocycles. The lowest BCUT2D eigenvalue weighted by molar-refractivity contribution is -0.250. The minimum atomic E-state index is -0.780. The molecule has 0 radical (unpaired) electrons. The van der Waals surface area contributed by atoms with E-state index in [1.54, 1.807) is 0 Å². The molecule has 0 spiro atoms. The van der Waals surface area contributed by atoms with Gasteiger partial charge in [-0.25, -0.2) is 0 Å². The Kier molecular flexibility index (Phi) is 4.90. The van der Waals surface area contributed by atoms with Crippen molar-refractivity contribution in [1.29, 1.82) is 0 Å². The maximum absolute atomic E-state index is 13.5. The first-order chi connectivity index (χ1) is 15.2. The van der Waals surface area contributed by atoms with Crippen molar-refractivity contribution in [1.82, 2.24) is 0 Å². The van der Waals surface area contributed by atoms with E-state index >= 15 is 0 Å². The van der Waals surface area contributed by atoms with Gasteiger partial charge < -0.3 is 4.79 Å². The first-order valence-corrected chi connectivity index (χ1v) is 13.7. The van der Waals surface area contributed by atoms with Gasteiger partial charge in [0.15, 0.2) is 0 Å². The lowest BCUT2D eigenvalue weighted by atomic mass is 9.30. The summed E-state index contributed by atoms with van der Waals surface area (Å²) in [6, 6.07) is 0. The monoisotopic (exact) mass is 454 g/mol. The quantitative estimate of drug-likeness (QED) is 0.323. The molecule has 0 bridgehead atoms. The van der Waals surface area contributed by atoms with E-state index in [1.165, 1.54) is 32.1 Å². The zero-order valence-electron chi connectivity index (χ0n) is 22.2. The zero-order valence-corrected chi connectivity index (χ0v) is 22.2. The van der Waals surface area contributed by atoms with Crippen molar-refractivity contribution in [2.75, 3.05) is 0 Å². The van der Waals surface area contributed by atoms with Gasteiger partial charge in [0.2, 0.25) is 0 Å². The number of carbonyl (C=O) groups is 3. The molecule has 0 aromatic heterocycles. The molecular weight excluding hydrogens is 408 g/mol. The Morgan fingerprint density at radius 1 is 0.758 bits per heavy atom. The predicted molar refractivity (Wildman–Crippen MR) is 131 cm³/mol. The number of ketones is 2. The van der Waals surface area contributed by atoms with Crippen molar-refractivity contribution in [2.45, 2.75) is 113 Å². The second-order valence-corrected chi connectivity index (χ2v) is 15.0. The molecule has 5 fully saturated rings. The fraction of sp³-hybridized carbons (Fsp3) is 0.900. The molecule has 5 aliphatic carbocycles. The first-order valence-electron chi connectivity index (χ1n) is 13.7. The fourth-order valence-corrected chi connectivity index (χ4v) is 10.9. The van der Waals surface area contributed by atoms with E-state index in [4.69, 9.17) is 0 Å². The Morgan fingerprint density at radius 2 is 1.36 bits per heavy atom. The normalized spacial score (nSPS) is 55.6. The van der Waals surface area contributed by atoms with Gasteiger partial charge in [0, 0.05) is 17.3 Å². The summed E-state index contributed by atoms with van der Waals surface area (Å²) in [7, 11) is 0. The van der Waals surface area contributed by atoms with Gasteiger partial charge in [-0.3, -0.25) is 9.59 Å². The molecule has 9 atom stereocenters. The summed E-state index contributed by atoms with van der Waals surface area (Å²) in [6.45, 7) is 16.9. The number of hydrogen-bond donors (Lipinski definition) is 0. The SMILES string of the molecule is C[C@H]1C(=O)CC(=O)[C@H]2[C@]3(C)CC[C@@]4(C)[C@@H]5CC(C)(C)CC[C@]5(C)CC[C@]4(C)[C@@H]3CC[C@]12C=O. The molecule has 3 nitrogen and oxygen atoms in total. The first kappa shape index (κ1) is 23.7. The molecule has 0 N–H and O–H groups in total. The van der Waals surface area contributed by atoms with E-state index < -0.39 is 5.41 Å². The molecule has 0 saturated heterocycles. The van der Waals surface area contributed by atoms with Gasteiger partial charge in [-0.15, -0.1) is 0 Å². The summed E-state index contributed by atoms with van der Waals surface area (Å²) < 4.78 is 0. The van der Waals surface area contributed by atoms with E-state index in [0.29, 0.717) is 23.2 Å². The van der Waals surface area contributed by atoms with E-state index in [9.17, 15) is 14.4 Å². The maximum atomic E-state index is 13.5. The van der Waals surface area contributed by atoms with Gasteiger partial charge in [-0.05, 0) is 96.7 Å².